The summed E-state index contributed by atoms with van der Waals surface area (Å²) < 4.78 is 25.6. The summed E-state index contributed by atoms with van der Waals surface area (Å²) in [7, 11) is 0. The third-order valence-electron chi connectivity index (χ3n) is 17.2. The number of aliphatic carboxylic acids is 1. The van der Waals surface area contributed by atoms with E-state index in [1.165, 1.54) is 0 Å². The van der Waals surface area contributed by atoms with Crippen molar-refractivity contribution in [3.63, 3.8) is 0 Å². The highest BCUT2D eigenvalue weighted by atomic mass is 79.9. The van der Waals surface area contributed by atoms with Crippen molar-refractivity contribution < 1.29 is 67.8 Å². The molecule has 72 heavy (non-hydrogen) atoms. The lowest BCUT2D eigenvalue weighted by molar-refractivity contribution is -0.201. The van der Waals surface area contributed by atoms with Gasteiger partial charge >= 0.3 is 12.1 Å². The predicted octanol–water partition coefficient (Wildman–Crippen LogP) is 4.64. The number of benzene rings is 2. The molecule has 3 aliphatic heterocycles. The largest absolute Gasteiger partial charge is 0.481 e. The van der Waals surface area contributed by atoms with Crippen molar-refractivity contribution in [3.8, 4) is 0 Å². The molecule has 3 heterocycles. The maximum Gasteiger partial charge on any atom is 0.407 e. The molecule has 2 aromatic carbocycles. The van der Waals surface area contributed by atoms with Gasteiger partial charge in [-0.05, 0) is 105 Å². The van der Waals surface area contributed by atoms with E-state index in [1.807, 2.05) is 37.3 Å². The first-order valence-corrected chi connectivity index (χ1v) is 26.0. The number of hydrogen-bond acceptors (Lipinski definition) is 13. The lowest BCUT2D eigenvalue weighted by atomic mass is 9.46. The van der Waals surface area contributed by atoms with Gasteiger partial charge in [-0.15, -0.1) is 0 Å². The zero-order valence-corrected chi connectivity index (χ0v) is 42.0. The molecule has 4 amide bonds. The van der Waals surface area contributed by atoms with E-state index in [-0.39, 0.29) is 54.9 Å². The fourth-order valence-corrected chi connectivity index (χ4v) is 13.7. The molecule has 2 bridgehead atoms. The molecular weight excluding hydrogens is 997 g/mol. The summed E-state index contributed by atoms with van der Waals surface area (Å²) in [5.41, 5.74) is 0.180. The fraction of sp³-hybridized carbons (Fsp3) is 0.566. The highest BCUT2D eigenvalue weighted by molar-refractivity contribution is 9.09. The standard InChI is InChI=1S/C53H63BrN4O14/c1-49-16-15-35(60)21-33(49)9-12-36-37-22-41-53(40(62)27-59,50(37,2)24-39(61)45(36)49)72-47(71-41)32-7-3-30(4-8-32)23-52-19-17-51(18-20-52,29-70-52)58-48(68)69-28-31-5-10-34(11-6-31)56-46(67)38(13-14-44(65)66)57-43(64)26-55-42(63)25-54/h3-8,10-11,15-16,21,36-39,41,45,47,59,61H,9,12-14,17-20,22-29H2,1-2H3,(H,55,63)(H,56,67)(H,57,64)(H,58,68)(H,65,66)/t36-,37-,38-,39-,41+,45+,47+,49-,50-,51?,52?,53+/m0/s1. The number of nitrogens with one attached hydrogen (secondary N) is 4. The number of ketones is 2. The van der Waals surface area contributed by atoms with Crippen LogP contribution in [0.1, 0.15) is 101 Å². The highest BCUT2D eigenvalue weighted by Crippen LogP contribution is 2.70. The summed E-state index contributed by atoms with van der Waals surface area (Å²) >= 11 is 2.98. The summed E-state index contributed by atoms with van der Waals surface area (Å²) in [4.78, 5) is 87.5. The van der Waals surface area contributed by atoms with Crippen LogP contribution in [0.25, 0.3) is 0 Å². The number of hydrogen-bond donors (Lipinski definition) is 7. The summed E-state index contributed by atoms with van der Waals surface area (Å²) in [5, 5.41) is 42.1. The van der Waals surface area contributed by atoms with Crippen molar-refractivity contribution in [2.75, 3.05) is 30.4 Å². The van der Waals surface area contributed by atoms with Crippen molar-refractivity contribution in [2.24, 2.45) is 28.6 Å². The average Bonchev–Trinajstić information content (AvgIpc) is 3.87. The number of fused-ring (bicyclic) bond motifs is 10. The van der Waals surface area contributed by atoms with E-state index in [1.54, 1.807) is 36.4 Å². The first-order chi connectivity index (χ1) is 34.3. The van der Waals surface area contributed by atoms with Crippen LogP contribution in [-0.2, 0) is 60.7 Å². The third-order valence-corrected chi connectivity index (χ3v) is 17.7. The van der Waals surface area contributed by atoms with E-state index in [0.29, 0.717) is 50.0 Å². The van der Waals surface area contributed by atoms with Gasteiger partial charge in [0.1, 0.15) is 19.3 Å². The summed E-state index contributed by atoms with van der Waals surface area (Å²) in [5.74, 6) is -3.38. The smallest absolute Gasteiger partial charge is 0.407 e. The van der Waals surface area contributed by atoms with Crippen LogP contribution < -0.4 is 21.3 Å². The number of carboxylic acids is 1. The summed E-state index contributed by atoms with van der Waals surface area (Å²) in [6.45, 7) is 3.33. The van der Waals surface area contributed by atoms with E-state index >= 15 is 0 Å². The number of rotatable bonds is 17. The monoisotopic (exact) mass is 1060 g/mol. The SMILES string of the molecule is C[C@]12C=CC(=O)C=C1CC[C@@H]1[C@@H]2[C@@H](O)C[C@@]2(C)[C@H]1C[C@H]1O[C@@H](c3ccc(CC45CCC(NC(=O)OCc6ccc(NC(=O)[C@H](CCC(=O)O)NC(=O)CNC(=O)CBr)cc6)(CC4)CO5)cc3)O[C@]12C(=O)CO. The Morgan fingerprint density at radius 3 is 2.35 bits per heavy atom. The normalized spacial score (nSPS) is 34.3. The van der Waals surface area contributed by atoms with Crippen molar-refractivity contribution in [2.45, 2.75) is 132 Å². The van der Waals surface area contributed by atoms with Gasteiger partial charge in [-0.2, -0.15) is 0 Å². The van der Waals surface area contributed by atoms with Gasteiger partial charge in [0.2, 0.25) is 17.7 Å². The molecule has 10 atom stereocenters. The van der Waals surface area contributed by atoms with Gasteiger partial charge in [0, 0.05) is 40.8 Å². The lowest BCUT2D eigenvalue weighted by Crippen LogP contribution is -2.63. The number of aliphatic hydroxyl groups excluding tert-OH is 2. The van der Waals surface area contributed by atoms with Gasteiger partial charge in [0.15, 0.2) is 23.5 Å². The Bertz CT molecular complexity index is 2530. The van der Waals surface area contributed by atoms with Crippen LogP contribution in [-0.4, -0.2) is 117 Å². The third kappa shape index (κ3) is 9.67. The van der Waals surface area contributed by atoms with Gasteiger partial charge in [0.05, 0.1) is 41.8 Å². The zero-order chi connectivity index (χ0) is 51.2. The number of Topliss-reactive ketones (excluding diaryl/α,β-unsaturated/α-hetero) is 1. The summed E-state index contributed by atoms with van der Waals surface area (Å²) in [6.07, 6.45) is 7.82. The average molecular weight is 1060 g/mol. The van der Waals surface area contributed by atoms with E-state index in [9.17, 15) is 43.8 Å². The van der Waals surface area contributed by atoms with Crippen LogP contribution in [0, 0.1) is 28.6 Å². The van der Waals surface area contributed by atoms with Crippen molar-refractivity contribution >= 4 is 63.0 Å². The molecule has 19 heteroatoms. The first kappa shape index (κ1) is 51.6. The van der Waals surface area contributed by atoms with Gasteiger partial charge in [-0.1, -0.05) is 77.8 Å². The van der Waals surface area contributed by atoms with Crippen LogP contribution in [0.4, 0.5) is 10.5 Å². The second-order valence-electron chi connectivity index (χ2n) is 21.4. The van der Waals surface area contributed by atoms with Crippen LogP contribution in [0.15, 0.2) is 72.3 Å². The molecule has 8 aliphatic rings. The van der Waals surface area contributed by atoms with E-state index in [2.05, 4.69) is 44.1 Å². The van der Waals surface area contributed by atoms with Crippen LogP contribution in [0.3, 0.4) is 0 Å². The Kier molecular flexibility index (Phi) is 14.5. The number of alkyl carbamates (subject to hydrolysis) is 1. The molecule has 3 saturated heterocycles. The second-order valence-corrected chi connectivity index (χ2v) is 21.9. The molecule has 18 nitrogen and oxygen atoms in total. The molecule has 386 valence electrons. The Balaban J connectivity index is 0.756. The van der Waals surface area contributed by atoms with Gasteiger partial charge in [-0.25, -0.2) is 4.79 Å². The van der Waals surface area contributed by atoms with Gasteiger partial charge < -0.3 is 55.5 Å². The number of allylic oxidation sites excluding steroid dienone is 4. The number of carbonyl (C=O) groups excluding carboxylic acids is 6. The number of carboxylic acid groups (broad SMARTS) is 1. The number of alkyl halides is 1. The van der Waals surface area contributed by atoms with E-state index in [0.717, 1.165) is 42.4 Å². The Morgan fingerprint density at radius 2 is 1.68 bits per heavy atom. The number of halogens is 1. The van der Waals surface area contributed by atoms with Crippen LogP contribution in [0.2, 0.25) is 0 Å². The van der Waals surface area contributed by atoms with Crippen LogP contribution in [0.5, 0.6) is 0 Å². The number of ether oxygens (including phenoxy) is 4. The minimum atomic E-state index is -1.44. The van der Waals surface area contributed by atoms with Crippen molar-refractivity contribution in [1.29, 1.82) is 0 Å². The molecule has 7 fully saturated rings. The topological polar surface area (TPSA) is 265 Å². The van der Waals surface area contributed by atoms with Crippen molar-refractivity contribution in [3.05, 3.63) is 89.0 Å². The van der Waals surface area contributed by atoms with E-state index in [4.69, 9.17) is 24.1 Å². The molecule has 5 aliphatic carbocycles. The Hall–Kier alpha value is -5.31. The van der Waals surface area contributed by atoms with Gasteiger partial charge in [-0.3, -0.25) is 28.8 Å². The molecule has 0 unspecified atom stereocenters. The zero-order valence-electron chi connectivity index (χ0n) is 40.4. The molecule has 0 radical (unpaired) electrons. The molecule has 0 aromatic heterocycles. The molecule has 4 saturated carbocycles. The highest BCUT2D eigenvalue weighted by Gasteiger charge is 2.76. The quantitative estimate of drug-likeness (QED) is 0.107. The number of anilines is 1. The summed E-state index contributed by atoms with van der Waals surface area (Å²) in [6, 6.07) is 13.3. The van der Waals surface area contributed by atoms with E-state index < -0.39 is 94.3 Å². The fourth-order valence-electron chi connectivity index (χ4n) is 13.5. The lowest BCUT2D eigenvalue weighted by Gasteiger charge is -2.59. The second kappa shape index (κ2) is 20.2. The van der Waals surface area contributed by atoms with Crippen molar-refractivity contribution in [1.82, 2.24) is 16.0 Å². The predicted molar refractivity (Wildman–Crippen MR) is 261 cm³/mol. The van der Waals surface area contributed by atoms with Gasteiger partial charge in [0.25, 0.3) is 0 Å². The molecule has 10 rings (SSSR count). The maximum atomic E-state index is 14.0. The number of aliphatic hydroxyl groups is 2. The Morgan fingerprint density at radius 1 is 0.958 bits per heavy atom. The molecule has 0 spiro atoms. The molecule has 2 aromatic rings. The maximum absolute atomic E-state index is 14.0. The Labute approximate surface area is 425 Å². The number of amides is 4. The number of carbonyl (C=O) groups is 7. The molecular formula is C53H63BrN4O14. The minimum Gasteiger partial charge on any atom is -0.481 e. The molecule has 7 N–H and O–H groups in total. The van der Waals surface area contributed by atoms with Crippen LogP contribution >= 0.6 is 15.9 Å². The first-order valence-electron chi connectivity index (χ1n) is 24.8. The minimum absolute atomic E-state index is 0.00314.